The molecule has 0 aliphatic heterocycles. The molecule has 0 radical (unpaired) electrons. The number of hydrogen-bond acceptors (Lipinski definition) is 2. The summed E-state index contributed by atoms with van der Waals surface area (Å²) in [6.07, 6.45) is -3.16. The van der Waals surface area contributed by atoms with E-state index in [0.29, 0.717) is 6.42 Å². The molecule has 0 saturated heterocycles. The number of aldehydes is 1. The molecular formula is C13H9F3OS. The molecule has 1 aromatic carbocycles. The van der Waals surface area contributed by atoms with Crippen LogP contribution in [0.1, 0.15) is 10.4 Å². The van der Waals surface area contributed by atoms with Crippen molar-refractivity contribution in [3.63, 3.8) is 0 Å². The highest BCUT2D eigenvalue weighted by atomic mass is 32.1. The van der Waals surface area contributed by atoms with Crippen LogP contribution in [0.15, 0.2) is 36.4 Å². The van der Waals surface area contributed by atoms with E-state index in [4.69, 9.17) is 0 Å². The first-order valence-electron chi connectivity index (χ1n) is 5.20. The van der Waals surface area contributed by atoms with Gasteiger partial charge in [0.2, 0.25) is 0 Å². The SMILES string of the molecule is O=CCc1ccc(-c2ccc(C(F)(F)F)cc2)s1. The summed E-state index contributed by atoms with van der Waals surface area (Å²) in [5, 5.41) is 0. The van der Waals surface area contributed by atoms with Gasteiger partial charge < -0.3 is 4.79 Å². The summed E-state index contributed by atoms with van der Waals surface area (Å²) in [7, 11) is 0. The van der Waals surface area contributed by atoms with Gasteiger partial charge in [-0.15, -0.1) is 11.3 Å². The second-order valence-corrected chi connectivity index (χ2v) is 4.88. The van der Waals surface area contributed by atoms with Gasteiger partial charge in [0, 0.05) is 16.2 Å². The second-order valence-electron chi connectivity index (χ2n) is 3.71. The van der Waals surface area contributed by atoms with Crippen molar-refractivity contribution in [3.05, 3.63) is 46.8 Å². The molecule has 0 aliphatic carbocycles. The number of carbonyl (C=O) groups excluding carboxylic acids is 1. The van der Waals surface area contributed by atoms with Gasteiger partial charge in [-0.3, -0.25) is 0 Å². The Balaban J connectivity index is 2.25. The van der Waals surface area contributed by atoms with Gasteiger partial charge in [-0.1, -0.05) is 12.1 Å². The molecule has 0 atom stereocenters. The van der Waals surface area contributed by atoms with Crippen LogP contribution >= 0.6 is 11.3 Å². The Hall–Kier alpha value is -1.62. The third-order valence-electron chi connectivity index (χ3n) is 2.44. The van der Waals surface area contributed by atoms with E-state index in [0.717, 1.165) is 33.7 Å². The van der Waals surface area contributed by atoms with Gasteiger partial charge in [-0.25, -0.2) is 0 Å². The number of hydrogen-bond donors (Lipinski definition) is 0. The molecular weight excluding hydrogens is 261 g/mol. The van der Waals surface area contributed by atoms with E-state index in [1.165, 1.54) is 23.5 Å². The Kier molecular flexibility index (Phi) is 3.52. The van der Waals surface area contributed by atoms with Crippen molar-refractivity contribution >= 4 is 17.6 Å². The first-order chi connectivity index (χ1) is 8.50. The Bertz CT molecular complexity index is 540. The van der Waals surface area contributed by atoms with E-state index < -0.39 is 11.7 Å². The molecule has 94 valence electrons. The molecule has 2 aromatic rings. The lowest BCUT2D eigenvalue weighted by Gasteiger charge is -2.06. The minimum atomic E-state index is -4.31. The highest BCUT2D eigenvalue weighted by molar-refractivity contribution is 7.15. The fourth-order valence-corrected chi connectivity index (χ4v) is 2.51. The predicted molar refractivity (Wildman–Crippen MR) is 64.5 cm³/mol. The van der Waals surface area contributed by atoms with E-state index in [2.05, 4.69) is 0 Å². The topological polar surface area (TPSA) is 17.1 Å². The summed E-state index contributed by atoms with van der Waals surface area (Å²) in [5.41, 5.74) is 0.0704. The third-order valence-corrected chi connectivity index (χ3v) is 3.60. The molecule has 0 unspecified atom stereocenters. The molecule has 0 N–H and O–H groups in total. The van der Waals surface area contributed by atoms with Crippen LogP contribution in [-0.2, 0) is 17.4 Å². The zero-order chi connectivity index (χ0) is 13.2. The quantitative estimate of drug-likeness (QED) is 0.765. The minimum Gasteiger partial charge on any atom is -0.303 e. The maximum atomic E-state index is 12.4. The van der Waals surface area contributed by atoms with E-state index in [1.807, 2.05) is 12.1 Å². The molecule has 1 nitrogen and oxygen atoms in total. The molecule has 0 aliphatic rings. The number of carbonyl (C=O) groups is 1. The lowest BCUT2D eigenvalue weighted by Crippen LogP contribution is -2.03. The van der Waals surface area contributed by atoms with Crippen molar-refractivity contribution in [2.45, 2.75) is 12.6 Å². The van der Waals surface area contributed by atoms with Crippen molar-refractivity contribution in [1.29, 1.82) is 0 Å². The zero-order valence-corrected chi connectivity index (χ0v) is 10.0. The first-order valence-corrected chi connectivity index (χ1v) is 6.02. The normalized spacial score (nSPS) is 11.5. The summed E-state index contributed by atoms with van der Waals surface area (Å²) >= 11 is 1.41. The van der Waals surface area contributed by atoms with E-state index in [9.17, 15) is 18.0 Å². The highest BCUT2D eigenvalue weighted by Crippen LogP contribution is 2.33. The van der Waals surface area contributed by atoms with Gasteiger partial charge in [0.15, 0.2) is 0 Å². The largest absolute Gasteiger partial charge is 0.416 e. The van der Waals surface area contributed by atoms with Gasteiger partial charge in [0.05, 0.1) is 5.56 Å². The lowest BCUT2D eigenvalue weighted by molar-refractivity contribution is -0.137. The van der Waals surface area contributed by atoms with Crippen LogP contribution in [0.2, 0.25) is 0 Å². The zero-order valence-electron chi connectivity index (χ0n) is 9.20. The summed E-state index contributed by atoms with van der Waals surface area (Å²) < 4.78 is 37.2. The van der Waals surface area contributed by atoms with Crippen LogP contribution < -0.4 is 0 Å². The molecule has 1 heterocycles. The Morgan fingerprint density at radius 3 is 2.28 bits per heavy atom. The van der Waals surface area contributed by atoms with Gasteiger partial charge in [-0.05, 0) is 29.8 Å². The Morgan fingerprint density at radius 1 is 1.06 bits per heavy atom. The monoisotopic (exact) mass is 270 g/mol. The molecule has 0 spiro atoms. The summed E-state index contributed by atoms with van der Waals surface area (Å²) in [4.78, 5) is 12.1. The van der Waals surface area contributed by atoms with Gasteiger partial charge >= 0.3 is 6.18 Å². The maximum absolute atomic E-state index is 12.4. The van der Waals surface area contributed by atoms with Gasteiger partial charge in [0.1, 0.15) is 6.29 Å². The molecule has 0 amide bonds. The smallest absolute Gasteiger partial charge is 0.303 e. The summed E-state index contributed by atoms with van der Waals surface area (Å²) in [6, 6.07) is 8.64. The van der Waals surface area contributed by atoms with E-state index >= 15 is 0 Å². The fraction of sp³-hybridized carbons (Fsp3) is 0.154. The number of halogens is 3. The number of benzene rings is 1. The van der Waals surface area contributed by atoms with Crippen LogP contribution in [0.3, 0.4) is 0 Å². The molecule has 1 aromatic heterocycles. The van der Waals surface area contributed by atoms with E-state index in [1.54, 1.807) is 0 Å². The fourth-order valence-electron chi connectivity index (χ4n) is 1.55. The molecule has 5 heteroatoms. The maximum Gasteiger partial charge on any atom is 0.416 e. The summed E-state index contributed by atoms with van der Waals surface area (Å²) in [6.45, 7) is 0. The second kappa shape index (κ2) is 4.94. The predicted octanol–water partition coefficient (Wildman–Crippen LogP) is 4.18. The standard InChI is InChI=1S/C13H9F3OS/c14-13(15,16)10-3-1-9(2-4-10)12-6-5-11(18-12)7-8-17/h1-6,8H,7H2. The molecule has 0 saturated carbocycles. The van der Waals surface area contributed by atoms with E-state index in [-0.39, 0.29) is 0 Å². The molecule has 0 fully saturated rings. The van der Waals surface area contributed by atoms with Crippen molar-refractivity contribution in [1.82, 2.24) is 0 Å². The Morgan fingerprint density at radius 2 is 1.72 bits per heavy atom. The molecule has 0 bridgehead atoms. The van der Waals surface area contributed by atoms with Crippen LogP contribution in [0.5, 0.6) is 0 Å². The average molecular weight is 270 g/mol. The number of rotatable bonds is 3. The van der Waals surface area contributed by atoms with Crippen molar-refractivity contribution < 1.29 is 18.0 Å². The first kappa shape index (κ1) is 12.8. The number of thiophene rings is 1. The van der Waals surface area contributed by atoms with Crippen LogP contribution in [0.25, 0.3) is 10.4 Å². The van der Waals surface area contributed by atoms with Crippen LogP contribution in [-0.4, -0.2) is 6.29 Å². The number of alkyl halides is 3. The summed E-state index contributed by atoms with van der Waals surface area (Å²) in [5.74, 6) is 0. The lowest BCUT2D eigenvalue weighted by atomic mass is 10.1. The van der Waals surface area contributed by atoms with Crippen molar-refractivity contribution in [2.75, 3.05) is 0 Å². The van der Waals surface area contributed by atoms with Crippen molar-refractivity contribution in [3.8, 4) is 10.4 Å². The highest BCUT2D eigenvalue weighted by Gasteiger charge is 2.29. The van der Waals surface area contributed by atoms with Crippen molar-refractivity contribution in [2.24, 2.45) is 0 Å². The average Bonchev–Trinajstić information content (AvgIpc) is 2.77. The van der Waals surface area contributed by atoms with Gasteiger partial charge in [0.25, 0.3) is 0 Å². The van der Waals surface area contributed by atoms with Crippen LogP contribution in [0, 0.1) is 0 Å². The molecule has 18 heavy (non-hydrogen) atoms. The van der Waals surface area contributed by atoms with Crippen LogP contribution in [0.4, 0.5) is 13.2 Å². The molecule has 2 rings (SSSR count). The van der Waals surface area contributed by atoms with Gasteiger partial charge in [-0.2, -0.15) is 13.2 Å². The minimum absolute atomic E-state index is 0.339. The Labute approximate surface area is 106 Å². The third kappa shape index (κ3) is 2.79.